The zero-order valence-electron chi connectivity index (χ0n) is 17.5. The van der Waals surface area contributed by atoms with Gasteiger partial charge in [-0.1, -0.05) is 25.1 Å². The number of hydrogen-bond donors (Lipinski definition) is 1. The first-order chi connectivity index (χ1) is 15.3. The molecule has 166 valence electrons. The van der Waals surface area contributed by atoms with Crippen LogP contribution >= 0.6 is 22.6 Å². The molecule has 9 heteroatoms. The summed E-state index contributed by atoms with van der Waals surface area (Å²) in [4.78, 5) is 50.1. The number of barbiturate groups is 1. The maximum absolute atomic E-state index is 13.0. The van der Waals surface area contributed by atoms with Gasteiger partial charge in [-0.25, -0.2) is 14.5 Å². The number of nitrogens with one attached hydrogen (secondary N) is 1. The van der Waals surface area contributed by atoms with Crippen molar-refractivity contribution in [1.82, 2.24) is 5.32 Å². The van der Waals surface area contributed by atoms with Gasteiger partial charge in [0.1, 0.15) is 11.3 Å². The van der Waals surface area contributed by atoms with E-state index in [1.807, 2.05) is 41.6 Å². The van der Waals surface area contributed by atoms with Gasteiger partial charge in [-0.05, 0) is 77.4 Å². The van der Waals surface area contributed by atoms with Crippen molar-refractivity contribution in [3.8, 4) is 5.75 Å². The van der Waals surface area contributed by atoms with Crippen LogP contribution in [0.4, 0.5) is 10.5 Å². The Balaban J connectivity index is 1.83. The van der Waals surface area contributed by atoms with E-state index in [0.717, 1.165) is 16.9 Å². The molecule has 32 heavy (non-hydrogen) atoms. The number of aryl methyl sites for hydroxylation is 1. The number of nitrogens with zero attached hydrogens (tertiary/aromatic N) is 1. The highest BCUT2D eigenvalue weighted by atomic mass is 127. The molecule has 1 N–H and O–H groups in total. The quantitative estimate of drug-likeness (QED) is 0.246. The van der Waals surface area contributed by atoms with Gasteiger partial charge < -0.3 is 9.47 Å². The summed E-state index contributed by atoms with van der Waals surface area (Å²) in [6, 6.07) is 11.2. The minimum Gasteiger partial charge on any atom is -0.481 e. The molecule has 0 radical (unpaired) electrons. The molecule has 0 spiro atoms. The van der Waals surface area contributed by atoms with E-state index in [4.69, 9.17) is 9.47 Å². The molecule has 2 aromatic rings. The summed E-state index contributed by atoms with van der Waals surface area (Å²) in [5.41, 5.74) is 1.83. The molecule has 1 aliphatic rings. The Bertz CT molecular complexity index is 1090. The first kappa shape index (κ1) is 23.5. The van der Waals surface area contributed by atoms with Gasteiger partial charge in [0.05, 0.1) is 15.9 Å². The number of urea groups is 1. The molecule has 0 aromatic heterocycles. The first-order valence-electron chi connectivity index (χ1n) is 9.92. The molecular formula is C23H21IN2O6. The molecule has 0 unspecified atom stereocenters. The average Bonchev–Trinajstić information content (AvgIpc) is 2.76. The number of imide groups is 2. The number of ether oxygens (including phenoxy) is 2. The van der Waals surface area contributed by atoms with Gasteiger partial charge in [0, 0.05) is 0 Å². The van der Waals surface area contributed by atoms with Crippen molar-refractivity contribution in [2.45, 2.75) is 20.3 Å². The van der Waals surface area contributed by atoms with E-state index in [0.29, 0.717) is 20.6 Å². The number of anilines is 1. The Morgan fingerprint density at radius 1 is 1.09 bits per heavy atom. The van der Waals surface area contributed by atoms with Gasteiger partial charge in [0.2, 0.25) is 0 Å². The van der Waals surface area contributed by atoms with Crippen LogP contribution in [0.3, 0.4) is 0 Å². The van der Waals surface area contributed by atoms with Gasteiger partial charge in [-0.3, -0.25) is 14.9 Å². The third-order valence-electron chi connectivity index (χ3n) is 4.62. The molecule has 1 saturated heterocycles. The summed E-state index contributed by atoms with van der Waals surface area (Å²) < 4.78 is 10.9. The van der Waals surface area contributed by atoms with Crippen LogP contribution in [-0.4, -0.2) is 37.0 Å². The maximum Gasteiger partial charge on any atom is 0.344 e. The lowest BCUT2D eigenvalue weighted by atomic mass is 10.1. The predicted molar refractivity (Wildman–Crippen MR) is 126 cm³/mol. The van der Waals surface area contributed by atoms with Crippen molar-refractivity contribution in [2.75, 3.05) is 18.1 Å². The molecule has 8 nitrogen and oxygen atoms in total. The fourth-order valence-corrected chi connectivity index (χ4v) is 3.70. The molecule has 1 heterocycles. The van der Waals surface area contributed by atoms with Crippen molar-refractivity contribution in [3.63, 3.8) is 0 Å². The molecule has 0 aliphatic carbocycles. The fraction of sp³-hybridized carbons (Fsp3) is 0.217. The summed E-state index contributed by atoms with van der Waals surface area (Å²) >= 11 is 2.03. The third kappa shape index (κ3) is 5.34. The molecule has 2 aromatic carbocycles. The third-order valence-corrected chi connectivity index (χ3v) is 5.47. The smallest absolute Gasteiger partial charge is 0.344 e. The lowest BCUT2D eigenvalue weighted by Gasteiger charge is -2.26. The Labute approximate surface area is 198 Å². The second-order valence-corrected chi connectivity index (χ2v) is 7.92. The van der Waals surface area contributed by atoms with Crippen molar-refractivity contribution in [3.05, 3.63) is 62.7 Å². The van der Waals surface area contributed by atoms with Gasteiger partial charge in [-0.15, -0.1) is 0 Å². The summed E-state index contributed by atoms with van der Waals surface area (Å²) in [5.74, 6) is -1.48. The number of amides is 4. The highest BCUT2D eigenvalue weighted by molar-refractivity contribution is 14.1. The van der Waals surface area contributed by atoms with E-state index in [1.54, 1.807) is 37.3 Å². The van der Waals surface area contributed by atoms with Gasteiger partial charge >= 0.3 is 12.0 Å². The summed E-state index contributed by atoms with van der Waals surface area (Å²) in [5, 5.41) is 2.21. The summed E-state index contributed by atoms with van der Waals surface area (Å²) in [7, 11) is 0. The van der Waals surface area contributed by atoms with Crippen LogP contribution < -0.4 is 15.0 Å². The predicted octanol–water partition coefficient (Wildman–Crippen LogP) is 3.46. The highest BCUT2D eigenvalue weighted by Gasteiger charge is 2.36. The number of rotatable bonds is 7. The molecule has 0 saturated carbocycles. The Morgan fingerprint density at radius 3 is 2.44 bits per heavy atom. The zero-order valence-corrected chi connectivity index (χ0v) is 19.7. The average molecular weight is 548 g/mol. The van der Waals surface area contributed by atoms with Crippen LogP contribution in [0, 0.1) is 3.57 Å². The van der Waals surface area contributed by atoms with Crippen molar-refractivity contribution < 1.29 is 28.7 Å². The lowest BCUT2D eigenvalue weighted by Crippen LogP contribution is -2.54. The zero-order chi connectivity index (χ0) is 23.3. The van der Waals surface area contributed by atoms with Crippen LogP contribution in [0.15, 0.2) is 48.0 Å². The SMILES string of the molecule is CCOC(=O)COc1ccc(/C=C2/C(=O)NC(=O)N(c3ccc(CC)cc3)C2=O)cc1I. The van der Waals surface area contributed by atoms with Gasteiger partial charge in [0.15, 0.2) is 6.61 Å². The van der Waals surface area contributed by atoms with Crippen molar-refractivity contribution in [2.24, 2.45) is 0 Å². The Morgan fingerprint density at radius 2 is 1.81 bits per heavy atom. The molecule has 4 amide bonds. The number of halogens is 1. The molecular weight excluding hydrogens is 527 g/mol. The molecule has 1 fully saturated rings. The topological polar surface area (TPSA) is 102 Å². The van der Waals surface area contributed by atoms with Gasteiger partial charge in [-0.2, -0.15) is 0 Å². The summed E-state index contributed by atoms with van der Waals surface area (Å²) in [6.07, 6.45) is 2.23. The molecule has 1 aliphatic heterocycles. The molecule has 0 bridgehead atoms. The minimum atomic E-state index is -0.793. The van der Waals surface area contributed by atoms with Crippen LogP contribution in [-0.2, 0) is 25.5 Å². The first-order valence-corrected chi connectivity index (χ1v) is 11.0. The second-order valence-electron chi connectivity index (χ2n) is 6.76. The van der Waals surface area contributed by atoms with Crippen LogP contribution in [0.5, 0.6) is 5.75 Å². The van der Waals surface area contributed by atoms with E-state index in [1.165, 1.54) is 6.08 Å². The van der Waals surface area contributed by atoms with Crippen LogP contribution in [0.1, 0.15) is 25.0 Å². The number of benzene rings is 2. The number of esters is 1. The van der Waals surface area contributed by atoms with E-state index in [-0.39, 0.29) is 18.8 Å². The van der Waals surface area contributed by atoms with E-state index in [9.17, 15) is 19.2 Å². The standard InChI is InChI=1S/C23H21IN2O6/c1-3-14-5-8-16(9-6-14)26-22(29)17(21(28)25-23(26)30)11-15-7-10-19(18(24)12-15)32-13-20(27)31-4-2/h5-12H,3-4,13H2,1-2H3,(H,25,28,30)/b17-11-. The van der Waals surface area contributed by atoms with Crippen molar-refractivity contribution >= 4 is 58.2 Å². The van der Waals surface area contributed by atoms with Crippen LogP contribution in [0.25, 0.3) is 6.08 Å². The minimum absolute atomic E-state index is 0.167. The lowest BCUT2D eigenvalue weighted by molar-refractivity contribution is -0.145. The number of hydrogen-bond acceptors (Lipinski definition) is 6. The Kier molecular flexibility index (Phi) is 7.62. The number of carbonyl (C=O) groups is 4. The van der Waals surface area contributed by atoms with E-state index < -0.39 is 23.8 Å². The second kappa shape index (κ2) is 10.4. The van der Waals surface area contributed by atoms with E-state index in [2.05, 4.69) is 5.32 Å². The fourth-order valence-electron chi connectivity index (χ4n) is 3.00. The molecule has 0 atom stereocenters. The van der Waals surface area contributed by atoms with E-state index >= 15 is 0 Å². The maximum atomic E-state index is 13.0. The number of carbonyl (C=O) groups excluding carboxylic acids is 4. The normalized spacial score (nSPS) is 15.0. The van der Waals surface area contributed by atoms with Gasteiger partial charge in [0.25, 0.3) is 11.8 Å². The highest BCUT2D eigenvalue weighted by Crippen LogP contribution is 2.26. The van der Waals surface area contributed by atoms with Crippen LogP contribution in [0.2, 0.25) is 0 Å². The summed E-state index contributed by atoms with van der Waals surface area (Å²) in [6.45, 7) is 3.76. The molecule has 3 rings (SSSR count). The monoisotopic (exact) mass is 548 g/mol. The van der Waals surface area contributed by atoms with Crippen molar-refractivity contribution in [1.29, 1.82) is 0 Å². The largest absolute Gasteiger partial charge is 0.481 e. The Hall–Kier alpha value is -3.21.